The minimum Gasteiger partial charge on any atom is -0.483 e. The normalized spacial score (nSPS) is 22.9. The number of likely N-dealkylation sites (N-methyl/N-ethyl adjacent to an activating group) is 1. The molecule has 4 rings (SSSR count). The highest BCUT2D eigenvalue weighted by Crippen LogP contribution is 2.30. The SMILES string of the molecule is CN1[C@@H]2CC[C@H]1CN(C(=O)Nc1ccccc1OCc1ccco1)CC2. The molecule has 2 bridgehead atoms. The first-order valence-corrected chi connectivity index (χ1v) is 9.23. The molecule has 6 heteroatoms. The zero-order chi connectivity index (χ0) is 17.9. The van der Waals surface area contributed by atoms with Crippen LogP contribution in [0, 0.1) is 0 Å². The lowest BCUT2D eigenvalue weighted by molar-refractivity contribution is 0.200. The van der Waals surface area contributed by atoms with E-state index in [0.717, 1.165) is 25.3 Å². The number of urea groups is 1. The largest absolute Gasteiger partial charge is 0.483 e. The maximum absolute atomic E-state index is 12.8. The van der Waals surface area contributed by atoms with Crippen LogP contribution in [0.2, 0.25) is 0 Å². The van der Waals surface area contributed by atoms with Gasteiger partial charge in [-0.2, -0.15) is 0 Å². The van der Waals surface area contributed by atoms with E-state index in [0.29, 0.717) is 30.1 Å². The second-order valence-corrected chi connectivity index (χ2v) is 7.08. The van der Waals surface area contributed by atoms with Crippen LogP contribution in [0.15, 0.2) is 47.1 Å². The van der Waals surface area contributed by atoms with Gasteiger partial charge in [-0.3, -0.25) is 4.90 Å². The van der Waals surface area contributed by atoms with Gasteiger partial charge in [-0.1, -0.05) is 12.1 Å². The monoisotopic (exact) mass is 355 g/mol. The van der Waals surface area contributed by atoms with Crippen LogP contribution < -0.4 is 10.1 Å². The molecule has 0 spiro atoms. The lowest BCUT2D eigenvalue weighted by Gasteiger charge is -2.26. The number of ether oxygens (including phenoxy) is 1. The first-order valence-electron chi connectivity index (χ1n) is 9.23. The predicted octanol–water partition coefficient (Wildman–Crippen LogP) is 3.56. The van der Waals surface area contributed by atoms with Gasteiger partial charge in [-0.15, -0.1) is 0 Å². The summed E-state index contributed by atoms with van der Waals surface area (Å²) < 4.78 is 11.1. The number of hydrogen-bond acceptors (Lipinski definition) is 4. The number of nitrogens with zero attached hydrogens (tertiary/aromatic N) is 2. The molecular formula is C20H25N3O3. The quantitative estimate of drug-likeness (QED) is 0.911. The lowest BCUT2D eigenvalue weighted by Crippen LogP contribution is -2.41. The number of carbonyl (C=O) groups is 1. The fourth-order valence-electron chi connectivity index (χ4n) is 3.93. The van der Waals surface area contributed by atoms with Crippen molar-refractivity contribution in [2.24, 2.45) is 0 Å². The van der Waals surface area contributed by atoms with Crippen molar-refractivity contribution in [2.45, 2.75) is 38.0 Å². The molecular weight excluding hydrogens is 330 g/mol. The van der Waals surface area contributed by atoms with Crippen molar-refractivity contribution in [3.05, 3.63) is 48.4 Å². The van der Waals surface area contributed by atoms with E-state index in [4.69, 9.17) is 9.15 Å². The van der Waals surface area contributed by atoms with Crippen LogP contribution in [-0.2, 0) is 6.61 Å². The number of benzene rings is 1. The third kappa shape index (κ3) is 3.55. The van der Waals surface area contributed by atoms with E-state index in [1.807, 2.05) is 41.3 Å². The number of nitrogens with one attached hydrogen (secondary N) is 1. The van der Waals surface area contributed by atoms with E-state index in [2.05, 4.69) is 17.3 Å². The number of amides is 2. The molecule has 2 aliphatic rings. The molecule has 6 nitrogen and oxygen atoms in total. The van der Waals surface area contributed by atoms with Crippen molar-refractivity contribution in [3.8, 4) is 5.75 Å². The smallest absolute Gasteiger partial charge is 0.322 e. The standard InChI is InChI=1S/C20H25N3O3/c1-22-15-8-9-16(22)13-23(11-10-15)20(24)21-18-6-2-3-7-19(18)26-14-17-5-4-12-25-17/h2-7,12,15-16H,8-11,13-14H2,1H3,(H,21,24)/t15-,16+/m1/s1. The molecule has 1 aromatic carbocycles. The Morgan fingerprint density at radius 2 is 2.04 bits per heavy atom. The average Bonchev–Trinajstić information content (AvgIpc) is 3.22. The third-order valence-corrected chi connectivity index (χ3v) is 5.51. The minimum atomic E-state index is -0.0556. The number of furan rings is 1. The average molecular weight is 355 g/mol. The van der Waals surface area contributed by atoms with Crippen LogP contribution >= 0.6 is 0 Å². The van der Waals surface area contributed by atoms with Gasteiger partial charge < -0.3 is 19.4 Å². The molecule has 2 aliphatic heterocycles. The summed E-state index contributed by atoms with van der Waals surface area (Å²) in [5.74, 6) is 1.39. The Hall–Kier alpha value is -2.47. The molecule has 2 amide bonds. The Morgan fingerprint density at radius 3 is 2.88 bits per heavy atom. The molecule has 0 radical (unpaired) electrons. The minimum absolute atomic E-state index is 0.0556. The van der Waals surface area contributed by atoms with Gasteiger partial charge in [0.1, 0.15) is 18.1 Å². The number of anilines is 1. The molecule has 1 aromatic heterocycles. The van der Waals surface area contributed by atoms with E-state index >= 15 is 0 Å². The van der Waals surface area contributed by atoms with Gasteiger partial charge in [0.2, 0.25) is 0 Å². The Balaban J connectivity index is 1.41. The molecule has 0 saturated carbocycles. The topological polar surface area (TPSA) is 58.0 Å². The van der Waals surface area contributed by atoms with Crippen molar-refractivity contribution in [2.75, 3.05) is 25.5 Å². The molecule has 2 aromatic rings. The molecule has 138 valence electrons. The Bertz CT molecular complexity index is 747. The van der Waals surface area contributed by atoms with Crippen LogP contribution in [0.25, 0.3) is 0 Å². The fourth-order valence-corrected chi connectivity index (χ4v) is 3.93. The lowest BCUT2D eigenvalue weighted by atomic mass is 10.1. The molecule has 1 N–H and O–H groups in total. The highest BCUT2D eigenvalue weighted by atomic mass is 16.5. The summed E-state index contributed by atoms with van der Waals surface area (Å²) >= 11 is 0. The van der Waals surface area contributed by atoms with Gasteiger partial charge >= 0.3 is 6.03 Å². The van der Waals surface area contributed by atoms with E-state index in [-0.39, 0.29) is 6.03 Å². The summed E-state index contributed by atoms with van der Waals surface area (Å²) in [6.07, 6.45) is 5.08. The van der Waals surface area contributed by atoms with E-state index in [1.165, 1.54) is 12.8 Å². The zero-order valence-electron chi connectivity index (χ0n) is 15.1. The van der Waals surface area contributed by atoms with Gasteiger partial charge in [0.05, 0.1) is 12.0 Å². The molecule has 26 heavy (non-hydrogen) atoms. The van der Waals surface area contributed by atoms with Crippen molar-refractivity contribution >= 4 is 11.7 Å². The third-order valence-electron chi connectivity index (χ3n) is 5.51. The first kappa shape index (κ1) is 17.0. The number of hydrogen-bond donors (Lipinski definition) is 1. The summed E-state index contributed by atoms with van der Waals surface area (Å²) in [6, 6.07) is 12.2. The van der Waals surface area contributed by atoms with E-state index < -0.39 is 0 Å². The summed E-state index contributed by atoms with van der Waals surface area (Å²) in [6.45, 7) is 1.92. The molecule has 3 heterocycles. The number of likely N-dealkylation sites (tertiary alicyclic amines) is 1. The van der Waals surface area contributed by atoms with Crippen LogP contribution in [0.1, 0.15) is 25.0 Å². The Morgan fingerprint density at radius 1 is 1.19 bits per heavy atom. The van der Waals surface area contributed by atoms with Crippen LogP contribution in [0.3, 0.4) is 0 Å². The van der Waals surface area contributed by atoms with Gasteiger partial charge in [0.15, 0.2) is 0 Å². The maximum atomic E-state index is 12.8. The Kier molecular flexibility index (Phi) is 4.84. The molecule has 2 atom stereocenters. The highest BCUT2D eigenvalue weighted by molar-refractivity contribution is 5.91. The van der Waals surface area contributed by atoms with Crippen molar-refractivity contribution in [1.82, 2.24) is 9.80 Å². The van der Waals surface area contributed by atoms with E-state index in [1.54, 1.807) is 6.26 Å². The molecule has 0 aliphatic carbocycles. The fraction of sp³-hybridized carbons (Fsp3) is 0.450. The zero-order valence-corrected chi connectivity index (χ0v) is 15.1. The molecule has 2 saturated heterocycles. The van der Waals surface area contributed by atoms with Gasteiger partial charge in [-0.25, -0.2) is 4.79 Å². The second kappa shape index (κ2) is 7.41. The van der Waals surface area contributed by atoms with Gasteiger partial charge in [0.25, 0.3) is 0 Å². The number of carbonyl (C=O) groups excluding carboxylic acids is 1. The molecule has 2 fully saturated rings. The van der Waals surface area contributed by atoms with Gasteiger partial charge in [-0.05, 0) is 50.6 Å². The van der Waals surface area contributed by atoms with Crippen molar-refractivity contribution < 1.29 is 13.9 Å². The van der Waals surface area contributed by atoms with Crippen molar-refractivity contribution in [1.29, 1.82) is 0 Å². The summed E-state index contributed by atoms with van der Waals surface area (Å²) in [4.78, 5) is 17.2. The number of fused-ring (bicyclic) bond motifs is 2. The first-order chi connectivity index (χ1) is 12.7. The van der Waals surface area contributed by atoms with Gasteiger partial charge in [0, 0.05) is 25.2 Å². The van der Waals surface area contributed by atoms with Crippen molar-refractivity contribution in [3.63, 3.8) is 0 Å². The second-order valence-electron chi connectivity index (χ2n) is 7.08. The maximum Gasteiger partial charge on any atom is 0.322 e. The van der Waals surface area contributed by atoms with E-state index in [9.17, 15) is 4.79 Å². The summed E-state index contributed by atoms with van der Waals surface area (Å²) in [7, 11) is 2.18. The van der Waals surface area contributed by atoms with Crippen LogP contribution in [0.5, 0.6) is 5.75 Å². The highest BCUT2D eigenvalue weighted by Gasteiger charge is 2.36. The van der Waals surface area contributed by atoms with Crippen LogP contribution in [0.4, 0.5) is 10.5 Å². The summed E-state index contributed by atoms with van der Waals surface area (Å²) in [5, 5.41) is 3.03. The number of rotatable bonds is 4. The Labute approximate surface area is 153 Å². The predicted molar refractivity (Wildman–Crippen MR) is 99.3 cm³/mol. The van der Waals surface area contributed by atoms with Crippen LogP contribution in [-0.4, -0.2) is 48.1 Å². The molecule has 0 unspecified atom stereocenters. The summed E-state index contributed by atoms with van der Waals surface area (Å²) in [5.41, 5.74) is 0.687. The number of para-hydroxylation sites is 2.